The van der Waals surface area contributed by atoms with E-state index in [1.165, 1.54) is 11.3 Å². The molecule has 1 atom stereocenters. The molecule has 0 fully saturated rings. The van der Waals surface area contributed by atoms with Crippen LogP contribution < -0.4 is 19.6 Å². The van der Waals surface area contributed by atoms with E-state index in [9.17, 15) is 9.59 Å². The number of methoxy groups -OCH3 is 1. The van der Waals surface area contributed by atoms with Crippen molar-refractivity contribution in [3.8, 4) is 5.75 Å². The van der Waals surface area contributed by atoms with Gasteiger partial charge in [0.2, 0.25) is 0 Å². The SMILES string of the molecule is CCOC(=O)C1=C(c2ccccc2)N=c2s/c(=C\c3ccc(OC)cc3)c(=O)n2[C@@H]1c1ccccc1. The minimum atomic E-state index is -0.672. The number of aromatic nitrogens is 1. The van der Waals surface area contributed by atoms with Crippen molar-refractivity contribution in [2.45, 2.75) is 13.0 Å². The molecule has 1 aliphatic rings. The van der Waals surface area contributed by atoms with Gasteiger partial charge in [0.05, 0.1) is 35.6 Å². The molecular formula is C29H24N2O4S. The maximum absolute atomic E-state index is 13.8. The Morgan fingerprint density at radius 3 is 2.31 bits per heavy atom. The molecular weight excluding hydrogens is 472 g/mol. The van der Waals surface area contributed by atoms with Crippen LogP contribution in [0.25, 0.3) is 11.8 Å². The van der Waals surface area contributed by atoms with Crippen LogP contribution >= 0.6 is 11.3 Å². The first-order chi connectivity index (χ1) is 17.6. The third-order valence-corrected chi connectivity index (χ3v) is 6.89. The molecule has 0 amide bonds. The summed E-state index contributed by atoms with van der Waals surface area (Å²) in [6.45, 7) is 1.98. The molecule has 1 aromatic heterocycles. The van der Waals surface area contributed by atoms with E-state index in [2.05, 4.69) is 0 Å². The summed E-state index contributed by atoms with van der Waals surface area (Å²) in [6, 6.07) is 25.9. The van der Waals surface area contributed by atoms with Crippen molar-refractivity contribution in [3.63, 3.8) is 0 Å². The van der Waals surface area contributed by atoms with Gasteiger partial charge in [-0.25, -0.2) is 9.79 Å². The topological polar surface area (TPSA) is 69.9 Å². The van der Waals surface area contributed by atoms with Gasteiger partial charge in [-0.3, -0.25) is 9.36 Å². The Morgan fingerprint density at radius 1 is 1.00 bits per heavy atom. The molecule has 0 unspecified atom stereocenters. The van der Waals surface area contributed by atoms with Gasteiger partial charge in [0.15, 0.2) is 4.80 Å². The zero-order valence-corrected chi connectivity index (χ0v) is 20.7. The number of benzene rings is 3. The van der Waals surface area contributed by atoms with Crippen LogP contribution in [0.2, 0.25) is 0 Å². The van der Waals surface area contributed by atoms with E-state index in [0.717, 1.165) is 22.4 Å². The smallest absolute Gasteiger partial charge is 0.338 e. The maximum atomic E-state index is 13.8. The number of hydrogen-bond acceptors (Lipinski definition) is 6. The lowest BCUT2D eigenvalue weighted by Crippen LogP contribution is -2.39. The fraction of sp³-hybridized carbons (Fsp3) is 0.138. The molecule has 5 rings (SSSR count). The summed E-state index contributed by atoms with van der Waals surface area (Å²) in [7, 11) is 1.61. The highest BCUT2D eigenvalue weighted by molar-refractivity contribution is 7.07. The van der Waals surface area contributed by atoms with Crippen LogP contribution in [0.5, 0.6) is 5.75 Å². The van der Waals surface area contributed by atoms with E-state index >= 15 is 0 Å². The van der Waals surface area contributed by atoms with Crippen molar-refractivity contribution in [2.24, 2.45) is 4.99 Å². The predicted octanol–water partition coefficient (Wildman–Crippen LogP) is 3.94. The molecule has 180 valence electrons. The Morgan fingerprint density at radius 2 is 1.67 bits per heavy atom. The lowest BCUT2D eigenvalue weighted by atomic mass is 9.93. The summed E-state index contributed by atoms with van der Waals surface area (Å²) in [5.41, 5.74) is 3.11. The van der Waals surface area contributed by atoms with Gasteiger partial charge in [-0.05, 0) is 36.3 Å². The van der Waals surface area contributed by atoms with E-state index in [0.29, 0.717) is 20.6 Å². The summed E-state index contributed by atoms with van der Waals surface area (Å²) in [6.07, 6.45) is 1.83. The van der Waals surface area contributed by atoms with Gasteiger partial charge in [0.1, 0.15) is 5.75 Å². The standard InChI is InChI=1S/C29H24N2O4S/c1-3-35-28(33)24-25(20-10-6-4-7-11-20)30-29-31(26(24)21-12-8-5-9-13-21)27(32)23(36-29)18-19-14-16-22(34-2)17-15-19/h4-18,26H,3H2,1-2H3/b23-18-/t26-/m1/s1. The molecule has 0 radical (unpaired) electrons. The highest BCUT2D eigenvalue weighted by atomic mass is 32.1. The molecule has 0 saturated carbocycles. The summed E-state index contributed by atoms with van der Waals surface area (Å²) >= 11 is 1.30. The highest BCUT2D eigenvalue weighted by Crippen LogP contribution is 2.35. The quantitative estimate of drug-likeness (QED) is 0.379. The fourth-order valence-electron chi connectivity index (χ4n) is 4.24. The van der Waals surface area contributed by atoms with Crippen LogP contribution in [0.3, 0.4) is 0 Å². The Balaban J connectivity index is 1.79. The van der Waals surface area contributed by atoms with Gasteiger partial charge in [0, 0.05) is 5.56 Å². The third kappa shape index (κ3) is 4.41. The third-order valence-electron chi connectivity index (χ3n) is 5.90. The highest BCUT2D eigenvalue weighted by Gasteiger charge is 2.35. The first-order valence-electron chi connectivity index (χ1n) is 11.6. The van der Waals surface area contributed by atoms with Crippen LogP contribution in [-0.4, -0.2) is 24.3 Å². The van der Waals surface area contributed by atoms with Crippen LogP contribution in [0.15, 0.2) is 100 Å². The average Bonchev–Trinajstić information content (AvgIpc) is 3.23. The number of ether oxygens (including phenoxy) is 2. The first kappa shape index (κ1) is 23.5. The second-order valence-electron chi connectivity index (χ2n) is 8.12. The van der Waals surface area contributed by atoms with Crippen molar-refractivity contribution in [1.82, 2.24) is 4.57 Å². The largest absolute Gasteiger partial charge is 0.497 e. The van der Waals surface area contributed by atoms with E-state index < -0.39 is 12.0 Å². The van der Waals surface area contributed by atoms with Crippen molar-refractivity contribution >= 4 is 29.1 Å². The number of rotatable bonds is 6. The summed E-state index contributed by atoms with van der Waals surface area (Å²) in [5.74, 6) is 0.252. The van der Waals surface area contributed by atoms with E-state index in [1.54, 1.807) is 18.6 Å². The Labute approximate surface area is 212 Å². The number of fused-ring (bicyclic) bond motifs is 1. The summed E-state index contributed by atoms with van der Waals surface area (Å²) in [5, 5.41) is 0. The van der Waals surface area contributed by atoms with E-state index in [4.69, 9.17) is 14.5 Å². The second-order valence-corrected chi connectivity index (χ2v) is 9.12. The Bertz CT molecular complexity index is 1600. The molecule has 4 aromatic rings. The van der Waals surface area contributed by atoms with Crippen LogP contribution in [0.1, 0.15) is 29.7 Å². The molecule has 0 spiro atoms. The minimum Gasteiger partial charge on any atom is -0.497 e. The number of nitrogens with zero attached hydrogens (tertiary/aromatic N) is 2. The molecule has 0 N–H and O–H groups in total. The molecule has 3 aromatic carbocycles. The Hall–Kier alpha value is -4.23. The van der Waals surface area contributed by atoms with Crippen molar-refractivity contribution in [2.75, 3.05) is 13.7 Å². The molecule has 6 nitrogen and oxygen atoms in total. The molecule has 0 bridgehead atoms. The number of carbonyl (C=O) groups excluding carboxylic acids is 1. The predicted molar refractivity (Wildman–Crippen MR) is 140 cm³/mol. The monoisotopic (exact) mass is 496 g/mol. The Kier molecular flexibility index (Phi) is 6.64. The minimum absolute atomic E-state index is 0.211. The molecule has 0 aliphatic carbocycles. The van der Waals surface area contributed by atoms with Gasteiger partial charge >= 0.3 is 5.97 Å². The number of thiazole rings is 1. The van der Waals surface area contributed by atoms with Crippen LogP contribution in [0, 0.1) is 0 Å². The van der Waals surface area contributed by atoms with Crippen molar-refractivity contribution in [1.29, 1.82) is 0 Å². The van der Waals surface area contributed by atoms with E-state index in [-0.39, 0.29) is 12.2 Å². The first-order valence-corrected chi connectivity index (χ1v) is 12.4. The van der Waals surface area contributed by atoms with Gasteiger partial charge in [0.25, 0.3) is 5.56 Å². The molecule has 1 aliphatic heterocycles. The lowest BCUT2D eigenvalue weighted by Gasteiger charge is -2.25. The van der Waals surface area contributed by atoms with Gasteiger partial charge in [-0.15, -0.1) is 0 Å². The summed E-state index contributed by atoms with van der Waals surface area (Å²) < 4.78 is 12.8. The summed E-state index contributed by atoms with van der Waals surface area (Å²) in [4.78, 5) is 32.5. The number of esters is 1. The van der Waals surface area contributed by atoms with Gasteiger partial charge in [-0.1, -0.05) is 84.1 Å². The zero-order chi connectivity index (χ0) is 25.1. The average molecular weight is 497 g/mol. The second kappa shape index (κ2) is 10.2. The van der Waals surface area contributed by atoms with Crippen LogP contribution in [-0.2, 0) is 9.53 Å². The van der Waals surface area contributed by atoms with Gasteiger partial charge < -0.3 is 9.47 Å². The van der Waals surface area contributed by atoms with E-state index in [1.807, 2.05) is 91.0 Å². The maximum Gasteiger partial charge on any atom is 0.338 e. The zero-order valence-electron chi connectivity index (χ0n) is 19.9. The number of carbonyl (C=O) groups is 1. The fourth-order valence-corrected chi connectivity index (χ4v) is 5.24. The van der Waals surface area contributed by atoms with Crippen LogP contribution in [0.4, 0.5) is 0 Å². The molecule has 7 heteroatoms. The molecule has 2 heterocycles. The number of hydrogen-bond donors (Lipinski definition) is 0. The molecule has 0 saturated heterocycles. The lowest BCUT2D eigenvalue weighted by molar-refractivity contribution is -0.138. The van der Waals surface area contributed by atoms with Gasteiger partial charge in [-0.2, -0.15) is 0 Å². The molecule has 36 heavy (non-hydrogen) atoms. The van der Waals surface area contributed by atoms with Crippen molar-refractivity contribution < 1.29 is 14.3 Å². The normalized spacial score (nSPS) is 15.3. The van der Waals surface area contributed by atoms with Crippen molar-refractivity contribution in [3.05, 3.63) is 127 Å².